The fourth-order valence-corrected chi connectivity index (χ4v) is 2.28. The number of halogens is 2. The number of esters is 1. The monoisotopic (exact) mass is 359 g/mol. The second kappa shape index (κ2) is 10.3. The lowest BCUT2D eigenvalue weighted by atomic mass is 10.2. The van der Waals surface area contributed by atoms with Crippen LogP contribution in [0.1, 0.15) is 12.5 Å². The summed E-state index contributed by atoms with van der Waals surface area (Å²) in [6.07, 6.45) is 2.85. The number of hydrogen-bond acceptors (Lipinski definition) is 4. The fraction of sp³-hybridized carbons (Fsp3) is 0.375. The van der Waals surface area contributed by atoms with Gasteiger partial charge in [0.1, 0.15) is 6.54 Å². The number of carbonyl (C=O) groups excluding carboxylic acids is 2. The Bertz CT molecular complexity index is 555. The second-order valence-corrected chi connectivity index (χ2v) is 5.34. The van der Waals surface area contributed by atoms with Crippen molar-refractivity contribution in [3.05, 3.63) is 39.9 Å². The molecule has 0 fully saturated rings. The van der Waals surface area contributed by atoms with Crippen LogP contribution in [0.4, 0.5) is 0 Å². The summed E-state index contributed by atoms with van der Waals surface area (Å²) in [5.74, 6) is -0.827. The van der Waals surface area contributed by atoms with Gasteiger partial charge in [0.25, 0.3) is 0 Å². The fourth-order valence-electron chi connectivity index (χ4n) is 1.76. The molecule has 126 valence electrons. The predicted molar refractivity (Wildman–Crippen MR) is 90.6 cm³/mol. The molecule has 0 saturated heterocycles. The van der Waals surface area contributed by atoms with Crippen LogP contribution in [0.15, 0.2) is 24.3 Å². The van der Waals surface area contributed by atoms with E-state index in [2.05, 4.69) is 0 Å². The van der Waals surface area contributed by atoms with Crippen molar-refractivity contribution in [2.45, 2.75) is 6.92 Å². The predicted octanol–water partition coefficient (Wildman–Crippen LogP) is 3.04. The van der Waals surface area contributed by atoms with Gasteiger partial charge in [-0.1, -0.05) is 29.3 Å². The largest absolute Gasteiger partial charge is 0.465 e. The van der Waals surface area contributed by atoms with Gasteiger partial charge in [-0.2, -0.15) is 0 Å². The molecule has 1 aromatic rings. The molecule has 7 heteroatoms. The van der Waals surface area contributed by atoms with Gasteiger partial charge < -0.3 is 14.4 Å². The zero-order valence-corrected chi connectivity index (χ0v) is 14.6. The molecule has 0 saturated carbocycles. The zero-order chi connectivity index (χ0) is 17.2. The summed E-state index contributed by atoms with van der Waals surface area (Å²) in [7, 11) is 1.52. The molecule has 0 aliphatic heterocycles. The average Bonchev–Trinajstić information content (AvgIpc) is 2.51. The van der Waals surface area contributed by atoms with E-state index in [1.807, 2.05) is 0 Å². The molecule has 0 heterocycles. The lowest BCUT2D eigenvalue weighted by Crippen LogP contribution is -2.37. The molecular formula is C16H19Cl2NO4. The Morgan fingerprint density at radius 2 is 1.91 bits per heavy atom. The van der Waals surface area contributed by atoms with Gasteiger partial charge in [0, 0.05) is 35.3 Å². The molecular weight excluding hydrogens is 341 g/mol. The Morgan fingerprint density at radius 3 is 2.48 bits per heavy atom. The first-order valence-corrected chi connectivity index (χ1v) is 7.80. The number of rotatable bonds is 8. The minimum Gasteiger partial charge on any atom is -0.465 e. The van der Waals surface area contributed by atoms with E-state index in [0.29, 0.717) is 22.2 Å². The SMILES string of the molecule is CCOC(=O)CN(CCOC)C(=O)/C=C/c1c(Cl)cccc1Cl. The number of nitrogens with zero attached hydrogens (tertiary/aromatic N) is 1. The topological polar surface area (TPSA) is 55.8 Å². The standard InChI is InChI=1S/C16H19Cl2NO4/c1-3-23-16(21)11-19(9-10-22-2)15(20)8-7-12-13(17)5-4-6-14(12)18/h4-8H,3,9-11H2,1-2H3/b8-7+. The Labute approximate surface area is 145 Å². The van der Waals surface area contributed by atoms with Gasteiger partial charge in [-0.25, -0.2) is 0 Å². The number of amides is 1. The first-order valence-electron chi connectivity index (χ1n) is 7.05. The van der Waals surface area contributed by atoms with Crippen LogP contribution in [0, 0.1) is 0 Å². The molecule has 0 radical (unpaired) electrons. The van der Waals surface area contributed by atoms with Crippen molar-refractivity contribution < 1.29 is 19.1 Å². The van der Waals surface area contributed by atoms with Crippen LogP contribution < -0.4 is 0 Å². The normalized spacial score (nSPS) is 10.8. The Balaban J connectivity index is 2.83. The highest BCUT2D eigenvalue weighted by Gasteiger charge is 2.16. The molecule has 0 N–H and O–H groups in total. The van der Waals surface area contributed by atoms with Crippen LogP contribution >= 0.6 is 23.2 Å². The van der Waals surface area contributed by atoms with E-state index in [-0.39, 0.29) is 25.6 Å². The number of ether oxygens (including phenoxy) is 2. The lowest BCUT2D eigenvalue weighted by molar-refractivity contribution is -0.148. The highest BCUT2D eigenvalue weighted by molar-refractivity contribution is 6.37. The number of benzene rings is 1. The van der Waals surface area contributed by atoms with Crippen LogP contribution in [0.2, 0.25) is 10.0 Å². The van der Waals surface area contributed by atoms with E-state index in [1.165, 1.54) is 24.2 Å². The van der Waals surface area contributed by atoms with Crippen molar-refractivity contribution in [3.8, 4) is 0 Å². The number of carbonyl (C=O) groups is 2. The number of hydrogen-bond donors (Lipinski definition) is 0. The molecule has 0 atom stereocenters. The first-order chi connectivity index (χ1) is 11.0. The second-order valence-electron chi connectivity index (χ2n) is 4.53. The molecule has 0 aliphatic rings. The van der Waals surface area contributed by atoms with E-state index in [1.54, 1.807) is 25.1 Å². The molecule has 1 amide bonds. The van der Waals surface area contributed by atoms with Crippen molar-refractivity contribution in [2.75, 3.05) is 33.4 Å². The highest BCUT2D eigenvalue weighted by Crippen LogP contribution is 2.25. The van der Waals surface area contributed by atoms with E-state index in [4.69, 9.17) is 32.7 Å². The van der Waals surface area contributed by atoms with Gasteiger partial charge in [-0.15, -0.1) is 0 Å². The maximum absolute atomic E-state index is 12.3. The molecule has 0 aromatic heterocycles. The highest BCUT2D eigenvalue weighted by atomic mass is 35.5. The summed E-state index contributed by atoms with van der Waals surface area (Å²) >= 11 is 12.1. The molecule has 5 nitrogen and oxygen atoms in total. The quantitative estimate of drug-likeness (QED) is 0.528. The molecule has 0 unspecified atom stereocenters. The van der Waals surface area contributed by atoms with E-state index < -0.39 is 5.97 Å². The Morgan fingerprint density at radius 1 is 1.26 bits per heavy atom. The van der Waals surface area contributed by atoms with Crippen molar-refractivity contribution in [3.63, 3.8) is 0 Å². The maximum Gasteiger partial charge on any atom is 0.325 e. The zero-order valence-electron chi connectivity index (χ0n) is 13.1. The molecule has 23 heavy (non-hydrogen) atoms. The molecule has 1 rings (SSSR count). The van der Waals surface area contributed by atoms with E-state index in [9.17, 15) is 9.59 Å². The van der Waals surface area contributed by atoms with Crippen LogP contribution in [-0.2, 0) is 19.1 Å². The lowest BCUT2D eigenvalue weighted by Gasteiger charge is -2.19. The van der Waals surface area contributed by atoms with Crippen molar-refractivity contribution in [2.24, 2.45) is 0 Å². The Kier molecular flexibility index (Phi) is 8.69. The smallest absolute Gasteiger partial charge is 0.325 e. The average molecular weight is 360 g/mol. The van der Waals surface area contributed by atoms with Crippen LogP contribution in [-0.4, -0.2) is 50.2 Å². The van der Waals surface area contributed by atoms with Crippen LogP contribution in [0.5, 0.6) is 0 Å². The van der Waals surface area contributed by atoms with E-state index in [0.717, 1.165) is 0 Å². The first kappa shape index (κ1) is 19.5. The minimum atomic E-state index is -0.471. The van der Waals surface area contributed by atoms with Gasteiger partial charge in [0.2, 0.25) is 5.91 Å². The summed E-state index contributed by atoms with van der Waals surface area (Å²) in [6, 6.07) is 5.08. The third kappa shape index (κ3) is 6.60. The molecule has 0 aliphatic carbocycles. The summed E-state index contributed by atoms with van der Waals surface area (Å²) in [5, 5.41) is 0.880. The summed E-state index contributed by atoms with van der Waals surface area (Å²) in [6.45, 7) is 2.41. The van der Waals surface area contributed by atoms with Crippen LogP contribution in [0.25, 0.3) is 6.08 Å². The van der Waals surface area contributed by atoms with Gasteiger partial charge in [-0.3, -0.25) is 9.59 Å². The Hall–Kier alpha value is -1.56. The third-order valence-corrected chi connectivity index (χ3v) is 3.55. The molecule has 1 aromatic carbocycles. The number of methoxy groups -OCH3 is 1. The molecule has 0 bridgehead atoms. The van der Waals surface area contributed by atoms with Crippen LogP contribution in [0.3, 0.4) is 0 Å². The van der Waals surface area contributed by atoms with Gasteiger partial charge in [0.15, 0.2) is 0 Å². The summed E-state index contributed by atoms with van der Waals surface area (Å²) in [5.41, 5.74) is 0.548. The van der Waals surface area contributed by atoms with Gasteiger partial charge >= 0.3 is 5.97 Å². The van der Waals surface area contributed by atoms with Gasteiger partial charge in [0.05, 0.1) is 13.2 Å². The minimum absolute atomic E-state index is 0.142. The summed E-state index contributed by atoms with van der Waals surface area (Å²) < 4.78 is 9.82. The molecule has 0 spiro atoms. The third-order valence-electron chi connectivity index (χ3n) is 2.89. The van der Waals surface area contributed by atoms with Crippen molar-refractivity contribution in [1.29, 1.82) is 0 Å². The maximum atomic E-state index is 12.3. The van der Waals surface area contributed by atoms with E-state index >= 15 is 0 Å². The van der Waals surface area contributed by atoms with Crippen molar-refractivity contribution >= 4 is 41.2 Å². The van der Waals surface area contributed by atoms with Gasteiger partial charge in [-0.05, 0) is 25.1 Å². The van der Waals surface area contributed by atoms with Crippen molar-refractivity contribution in [1.82, 2.24) is 4.90 Å². The summed E-state index contributed by atoms with van der Waals surface area (Å²) in [4.78, 5) is 25.2.